The maximum Gasteiger partial charge on any atom is 0.408 e. The molecule has 0 saturated carbocycles. The highest BCUT2D eigenvalue weighted by Crippen LogP contribution is 2.06. The highest BCUT2D eigenvalue weighted by molar-refractivity contribution is 5.85. The average molecular weight is 246 g/mol. The predicted molar refractivity (Wildman–Crippen MR) is 63.5 cm³/mol. The topological polar surface area (TPSA) is 67.9 Å². The van der Waals surface area contributed by atoms with Crippen LogP contribution in [0.4, 0.5) is 4.79 Å². The number of likely N-dealkylation sites (N-methyl/N-ethyl adjacent to an activating group) is 1. The minimum Gasteiger partial charge on any atom is -0.444 e. The SMILES string of the molecule is COCN(C)C(=O)[C@H](C)NC(=O)OC(C)(C)C. The van der Waals surface area contributed by atoms with Gasteiger partial charge in [-0.15, -0.1) is 0 Å². The van der Waals surface area contributed by atoms with Gasteiger partial charge in [0.2, 0.25) is 5.91 Å². The van der Waals surface area contributed by atoms with Crippen molar-refractivity contribution in [2.75, 3.05) is 20.9 Å². The predicted octanol–water partition coefficient (Wildman–Crippen LogP) is 0.962. The molecule has 0 aliphatic carbocycles. The highest BCUT2D eigenvalue weighted by atomic mass is 16.6. The number of amides is 2. The summed E-state index contributed by atoms with van der Waals surface area (Å²) < 4.78 is 9.87. The van der Waals surface area contributed by atoms with Crippen molar-refractivity contribution in [2.45, 2.75) is 39.3 Å². The molecule has 0 aromatic heterocycles. The third-order valence-electron chi connectivity index (χ3n) is 1.80. The van der Waals surface area contributed by atoms with Crippen LogP contribution in [-0.4, -0.2) is 49.4 Å². The van der Waals surface area contributed by atoms with Crippen LogP contribution in [0.5, 0.6) is 0 Å². The molecule has 0 spiro atoms. The van der Waals surface area contributed by atoms with E-state index in [4.69, 9.17) is 9.47 Å². The Morgan fingerprint density at radius 2 is 1.88 bits per heavy atom. The third kappa shape index (κ3) is 6.78. The smallest absolute Gasteiger partial charge is 0.408 e. The summed E-state index contributed by atoms with van der Waals surface area (Å²) >= 11 is 0. The number of ether oxygens (including phenoxy) is 2. The number of rotatable bonds is 4. The van der Waals surface area contributed by atoms with Gasteiger partial charge in [0, 0.05) is 14.2 Å². The lowest BCUT2D eigenvalue weighted by Crippen LogP contribution is -2.47. The van der Waals surface area contributed by atoms with Crippen LogP contribution in [0.3, 0.4) is 0 Å². The van der Waals surface area contributed by atoms with Crippen LogP contribution in [0.1, 0.15) is 27.7 Å². The maximum absolute atomic E-state index is 11.7. The van der Waals surface area contributed by atoms with Gasteiger partial charge in [0.1, 0.15) is 18.4 Å². The summed E-state index contributed by atoms with van der Waals surface area (Å²) in [6.45, 7) is 7.06. The number of carbonyl (C=O) groups is 2. The summed E-state index contributed by atoms with van der Waals surface area (Å²) in [5, 5.41) is 2.47. The summed E-state index contributed by atoms with van der Waals surface area (Å²) in [6.07, 6.45) is -0.607. The highest BCUT2D eigenvalue weighted by Gasteiger charge is 2.22. The Hall–Kier alpha value is -1.30. The van der Waals surface area contributed by atoms with E-state index in [-0.39, 0.29) is 12.6 Å². The van der Waals surface area contributed by atoms with Crippen LogP contribution in [-0.2, 0) is 14.3 Å². The summed E-state index contributed by atoms with van der Waals surface area (Å²) in [4.78, 5) is 24.5. The maximum atomic E-state index is 11.7. The number of hydrogen-bond donors (Lipinski definition) is 1. The Balaban J connectivity index is 4.21. The van der Waals surface area contributed by atoms with E-state index in [2.05, 4.69) is 5.32 Å². The first-order valence-corrected chi connectivity index (χ1v) is 5.41. The summed E-state index contributed by atoms with van der Waals surface area (Å²) in [5.41, 5.74) is -0.578. The quantitative estimate of drug-likeness (QED) is 0.750. The molecule has 0 rings (SSSR count). The largest absolute Gasteiger partial charge is 0.444 e. The van der Waals surface area contributed by atoms with Crippen LogP contribution in [0, 0.1) is 0 Å². The van der Waals surface area contributed by atoms with Crippen molar-refractivity contribution in [1.29, 1.82) is 0 Å². The van der Waals surface area contributed by atoms with Crippen molar-refractivity contribution in [2.24, 2.45) is 0 Å². The van der Waals surface area contributed by atoms with E-state index in [1.807, 2.05) is 0 Å². The molecule has 6 nitrogen and oxygen atoms in total. The molecule has 0 saturated heterocycles. The van der Waals surface area contributed by atoms with E-state index in [1.165, 1.54) is 12.0 Å². The molecule has 2 amide bonds. The van der Waals surface area contributed by atoms with Crippen molar-refractivity contribution < 1.29 is 19.1 Å². The van der Waals surface area contributed by atoms with Gasteiger partial charge >= 0.3 is 6.09 Å². The van der Waals surface area contributed by atoms with Crippen LogP contribution < -0.4 is 5.32 Å². The Bertz CT molecular complexity index is 273. The molecular formula is C11H22N2O4. The van der Waals surface area contributed by atoms with Gasteiger partial charge in [0.05, 0.1) is 0 Å². The molecule has 1 N–H and O–H groups in total. The van der Waals surface area contributed by atoms with Gasteiger partial charge in [0.25, 0.3) is 0 Å². The Labute approximate surface area is 102 Å². The molecule has 0 radical (unpaired) electrons. The van der Waals surface area contributed by atoms with Crippen molar-refractivity contribution in [1.82, 2.24) is 10.2 Å². The molecule has 0 aliphatic heterocycles. The van der Waals surface area contributed by atoms with Crippen LogP contribution >= 0.6 is 0 Å². The number of nitrogens with one attached hydrogen (secondary N) is 1. The second kappa shape index (κ2) is 6.44. The monoisotopic (exact) mass is 246 g/mol. The zero-order chi connectivity index (χ0) is 13.6. The lowest BCUT2D eigenvalue weighted by atomic mass is 10.2. The number of nitrogens with zero attached hydrogens (tertiary/aromatic N) is 1. The standard InChI is InChI=1S/C11H22N2O4/c1-8(9(14)13(5)7-16-6)12-10(15)17-11(2,3)4/h8H,7H2,1-6H3,(H,12,15)/t8-/m0/s1. The molecular weight excluding hydrogens is 224 g/mol. The van der Waals surface area contributed by atoms with Gasteiger partial charge in [-0.05, 0) is 27.7 Å². The van der Waals surface area contributed by atoms with Gasteiger partial charge < -0.3 is 19.7 Å². The van der Waals surface area contributed by atoms with Crippen molar-refractivity contribution in [3.8, 4) is 0 Å². The number of carbonyl (C=O) groups excluding carboxylic acids is 2. The fourth-order valence-electron chi connectivity index (χ4n) is 1.13. The molecule has 100 valence electrons. The van der Waals surface area contributed by atoms with Crippen molar-refractivity contribution in [3.63, 3.8) is 0 Å². The average Bonchev–Trinajstić information content (AvgIpc) is 2.13. The molecule has 0 aliphatic rings. The molecule has 17 heavy (non-hydrogen) atoms. The zero-order valence-electron chi connectivity index (χ0n) is 11.4. The van der Waals surface area contributed by atoms with Crippen LogP contribution in [0.25, 0.3) is 0 Å². The van der Waals surface area contributed by atoms with Gasteiger partial charge in [0.15, 0.2) is 0 Å². The molecule has 0 aromatic carbocycles. The van der Waals surface area contributed by atoms with Gasteiger partial charge in [-0.2, -0.15) is 0 Å². The van der Waals surface area contributed by atoms with Crippen molar-refractivity contribution >= 4 is 12.0 Å². The van der Waals surface area contributed by atoms with E-state index >= 15 is 0 Å². The molecule has 0 aromatic rings. The Morgan fingerprint density at radius 1 is 1.35 bits per heavy atom. The van der Waals surface area contributed by atoms with Gasteiger partial charge in [-0.25, -0.2) is 4.79 Å². The van der Waals surface area contributed by atoms with E-state index in [9.17, 15) is 9.59 Å². The first kappa shape index (κ1) is 15.7. The first-order chi connectivity index (χ1) is 7.67. The second-order valence-electron chi connectivity index (χ2n) is 4.82. The molecule has 0 heterocycles. The lowest BCUT2D eigenvalue weighted by Gasteiger charge is -2.24. The van der Waals surface area contributed by atoms with E-state index in [1.54, 1.807) is 34.7 Å². The van der Waals surface area contributed by atoms with E-state index in [0.717, 1.165) is 0 Å². The summed E-state index contributed by atoms with van der Waals surface area (Å²) in [5.74, 6) is -0.238. The van der Waals surface area contributed by atoms with E-state index < -0.39 is 17.7 Å². The molecule has 0 fully saturated rings. The van der Waals surface area contributed by atoms with Crippen LogP contribution in [0.2, 0.25) is 0 Å². The summed E-state index contributed by atoms with van der Waals surface area (Å²) in [7, 11) is 3.09. The lowest BCUT2D eigenvalue weighted by molar-refractivity contribution is -0.135. The summed E-state index contributed by atoms with van der Waals surface area (Å²) in [6, 6.07) is -0.648. The third-order valence-corrected chi connectivity index (χ3v) is 1.80. The normalized spacial score (nSPS) is 12.8. The minimum atomic E-state index is -0.648. The molecule has 0 unspecified atom stereocenters. The molecule has 6 heteroatoms. The number of alkyl carbamates (subject to hydrolysis) is 1. The molecule has 0 bridgehead atoms. The zero-order valence-corrected chi connectivity index (χ0v) is 11.4. The number of hydrogen-bond acceptors (Lipinski definition) is 4. The fraction of sp³-hybridized carbons (Fsp3) is 0.818. The first-order valence-electron chi connectivity index (χ1n) is 5.41. The van der Waals surface area contributed by atoms with E-state index in [0.29, 0.717) is 0 Å². The van der Waals surface area contributed by atoms with Crippen LogP contribution in [0.15, 0.2) is 0 Å². The number of methoxy groups -OCH3 is 1. The Morgan fingerprint density at radius 3 is 2.29 bits per heavy atom. The second-order valence-corrected chi connectivity index (χ2v) is 4.82. The fourth-order valence-corrected chi connectivity index (χ4v) is 1.13. The Kier molecular flexibility index (Phi) is 5.95. The minimum absolute atomic E-state index is 0.180. The molecule has 1 atom stereocenters. The van der Waals surface area contributed by atoms with Gasteiger partial charge in [-0.1, -0.05) is 0 Å². The van der Waals surface area contributed by atoms with Crippen molar-refractivity contribution in [3.05, 3.63) is 0 Å². The van der Waals surface area contributed by atoms with Gasteiger partial charge in [-0.3, -0.25) is 4.79 Å².